The van der Waals surface area contributed by atoms with Crippen LogP contribution in [0.2, 0.25) is 5.02 Å². The number of nitro groups is 2. The van der Waals surface area contributed by atoms with Crippen molar-refractivity contribution in [1.82, 2.24) is 4.90 Å². The van der Waals surface area contributed by atoms with E-state index in [9.17, 15) is 25.0 Å². The van der Waals surface area contributed by atoms with Crippen LogP contribution in [0, 0.1) is 20.2 Å². The van der Waals surface area contributed by atoms with E-state index in [1.54, 1.807) is 6.07 Å². The molecule has 0 N–H and O–H groups in total. The van der Waals surface area contributed by atoms with E-state index in [1.165, 1.54) is 4.90 Å². The molecule has 3 rings (SSSR count). The monoisotopic (exact) mass is 406 g/mol. The number of hydrogen-bond acceptors (Lipinski definition) is 6. The predicted molar refractivity (Wildman–Crippen MR) is 106 cm³/mol. The minimum atomic E-state index is -0.751. The topological polar surface area (TPSA) is 110 Å². The molecule has 0 bridgehead atoms. The lowest BCUT2D eigenvalue weighted by atomic mass is 10.1. The molecule has 0 aromatic heterocycles. The SMILES string of the molecule is C.O=C(c1cc([N+](=O)[O-])cc([N+](=O)[O-])c1)N1CCN(c2ccccc2Cl)CC1. The number of halogens is 1. The van der Waals surface area contributed by atoms with Crippen LogP contribution in [0.25, 0.3) is 0 Å². The molecule has 0 spiro atoms. The second-order valence-electron chi connectivity index (χ2n) is 5.98. The highest BCUT2D eigenvalue weighted by molar-refractivity contribution is 6.33. The molecule has 2 aromatic rings. The summed E-state index contributed by atoms with van der Waals surface area (Å²) >= 11 is 6.20. The minimum absolute atomic E-state index is 0. The van der Waals surface area contributed by atoms with E-state index in [0.717, 1.165) is 23.9 Å². The zero-order valence-electron chi connectivity index (χ0n) is 14.1. The first-order valence-electron chi connectivity index (χ1n) is 8.09. The lowest BCUT2D eigenvalue weighted by Gasteiger charge is -2.36. The Bertz CT molecular complexity index is 880. The molecule has 1 heterocycles. The molecule has 2 aromatic carbocycles. The van der Waals surface area contributed by atoms with Gasteiger partial charge in [-0.1, -0.05) is 31.2 Å². The molecule has 0 aliphatic carbocycles. The Labute approximate surface area is 166 Å². The highest BCUT2D eigenvalue weighted by Crippen LogP contribution is 2.27. The molecule has 1 fully saturated rings. The number of hydrogen-bond donors (Lipinski definition) is 0. The average Bonchev–Trinajstić information content (AvgIpc) is 2.67. The van der Waals surface area contributed by atoms with E-state index in [4.69, 9.17) is 11.6 Å². The number of rotatable bonds is 4. The number of piperazine rings is 1. The standard InChI is InChI=1S/C17H15ClN4O5.CH4/c18-15-3-1-2-4-16(15)19-5-7-20(8-6-19)17(23)12-9-13(21(24)25)11-14(10-12)22(26)27;/h1-4,9-11H,5-8H2;1H4. The van der Waals surface area contributed by atoms with Crippen LogP contribution < -0.4 is 4.90 Å². The number of benzene rings is 2. The van der Waals surface area contributed by atoms with Gasteiger partial charge in [0.05, 0.1) is 32.2 Å². The third-order valence-electron chi connectivity index (χ3n) is 4.33. The van der Waals surface area contributed by atoms with Crippen LogP contribution in [0.15, 0.2) is 42.5 Å². The maximum Gasteiger partial charge on any atom is 0.277 e. The van der Waals surface area contributed by atoms with Gasteiger partial charge in [-0.05, 0) is 12.1 Å². The molecule has 1 aliphatic rings. The van der Waals surface area contributed by atoms with E-state index >= 15 is 0 Å². The summed E-state index contributed by atoms with van der Waals surface area (Å²) in [6.45, 7) is 1.82. The van der Waals surface area contributed by atoms with Crippen LogP contribution in [0.1, 0.15) is 17.8 Å². The Hall–Kier alpha value is -3.20. The Morgan fingerprint density at radius 2 is 1.46 bits per heavy atom. The summed E-state index contributed by atoms with van der Waals surface area (Å²) in [6, 6.07) is 10.4. The van der Waals surface area contributed by atoms with Crippen molar-refractivity contribution in [3.05, 3.63) is 73.3 Å². The fourth-order valence-corrected chi connectivity index (χ4v) is 3.23. The third-order valence-corrected chi connectivity index (χ3v) is 4.65. The van der Waals surface area contributed by atoms with E-state index < -0.39 is 27.1 Å². The third kappa shape index (κ3) is 4.37. The molecule has 0 radical (unpaired) electrons. The van der Waals surface area contributed by atoms with E-state index in [1.807, 2.05) is 23.1 Å². The maximum absolute atomic E-state index is 12.7. The molecular weight excluding hydrogens is 388 g/mol. The van der Waals surface area contributed by atoms with Gasteiger partial charge in [0.15, 0.2) is 0 Å². The Kier molecular flexibility index (Phi) is 6.53. The molecule has 28 heavy (non-hydrogen) atoms. The van der Waals surface area contributed by atoms with Crippen molar-refractivity contribution in [2.75, 3.05) is 31.1 Å². The first kappa shape index (κ1) is 21.1. The summed E-state index contributed by atoms with van der Waals surface area (Å²) in [6.07, 6.45) is 0. The van der Waals surface area contributed by atoms with Gasteiger partial charge in [0.25, 0.3) is 17.3 Å². The van der Waals surface area contributed by atoms with Gasteiger partial charge >= 0.3 is 0 Å². The zero-order chi connectivity index (χ0) is 19.6. The molecule has 0 unspecified atom stereocenters. The van der Waals surface area contributed by atoms with Crippen LogP contribution in [0.3, 0.4) is 0 Å². The van der Waals surface area contributed by atoms with Crippen molar-refractivity contribution in [3.63, 3.8) is 0 Å². The van der Waals surface area contributed by atoms with Gasteiger partial charge < -0.3 is 9.80 Å². The van der Waals surface area contributed by atoms with Gasteiger partial charge in [0.1, 0.15) is 0 Å². The number of non-ortho nitro benzene ring substituents is 2. The normalized spacial score (nSPS) is 13.6. The summed E-state index contributed by atoms with van der Waals surface area (Å²) in [5.74, 6) is -0.472. The van der Waals surface area contributed by atoms with Crippen molar-refractivity contribution in [1.29, 1.82) is 0 Å². The largest absolute Gasteiger partial charge is 0.367 e. The molecule has 10 heteroatoms. The molecule has 0 saturated carbocycles. The molecule has 1 saturated heterocycles. The second-order valence-corrected chi connectivity index (χ2v) is 6.39. The second kappa shape index (κ2) is 8.66. The van der Waals surface area contributed by atoms with Gasteiger partial charge in [-0.15, -0.1) is 0 Å². The van der Waals surface area contributed by atoms with E-state index in [0.29, 0.717) is 31.2 Å². The van der Waals surface area contributed by atoms with Gasteiger partial charge in [-0.3, -0.25) is 25.0 Å². The van der Waals surface area contributed by atoms with Crippen LogP contribution in [-0.2, 0) is 0 Å². The Morgan fingerprint density at radius 3 is 1.96 bits per heavy atom. The van der Waals surface area contributed by atoms with Crippen molar-refractivity contribution in [2.24, 2.45) is 0 Å². The predicted octanol–water partition coefficient (Wildman–Crippen LogP) is 3.75. The van der Waals surface area contributed by atoms with Gasteiger partial charge in [0.2, 0.25) is 0 Å². The molecule has 1 amide bonds. The Morgan fingerprint density at radius 1 is 0.929 bits per heavy atom. The molecule has 148 valence electrons. The van der Waals surface area contributed by atoms with Crippen molar-refractivity contribution in [3.8, 4) is 0 Å². The fraction of sp³-hybridized carbons (Fsp3) is 0.278. The number of para-hydroxylation sites is 1. The van der Waals surface area contributed by atoms with Crippen molar-refractivity contribution in [2.45, 2.75) is 7.43 Å². The minimum Gasteiger partial charge on any atom is -0.367 e. The number of amides is 1. The average molecular weight is 407 g/mol. The maximum atomic E-state index is 12.7. The van der Waals surface area contributed by atoms with Gasteiger partial charge in [0, 0.05) is 38.3 Å². The smallest absolute Gasteiger partial charge is 0.277 e. The number of carbonyl (C=O) groups is 1. The molecular formula is C18H19ClN4O5. The van der Waals surface area contributed by atoms with Gasteiger partial charge in [-0.25, -0.2) is 0 Å². The van der Waals surface area contributed by atoms with Gasteiger partial charge in [-0.2, -0.15) is 0 Å². The summed E-state index contributed by atoms with van der Waals surface area (Å²) in [4.78, 5) is 36.8. The number of nitrogens with zero attached hydrogens (tertiary/aromatic N) is 4. The van der Waals surface area contributed by atoms with Crippen LogP contribution >= 0.6 is 11.6 Å². The zero-order valence-corrected chi connectivity index (χ0v) is 14.8. The molecule has 9 nitrogen and oxygen atoms in total. The summed E-state index contributed by atoms with van der Waals surface area (Å²) < 4.78 is 0. The number of anilines is 1. The quantitative estimate of drug-likeness (QED) is 0.564. The lowest BCUT2D eigenvalue weighted by Crippen LogP contribution is -2.48. The number of nitro benzene ring substituents is 2. The summed E-state index contributed by atoms with van der Waals surface area (Å²) in [5, 5.41) is 22.6. The first-order chi connectivity index (χ1) is 12.9. The summed E-state index contributed by atoms with van der Waals surface area (Å²) in [5.41, 5.74) is -0.163. The number of carbonyl (C=O) groups excluding carboxylic acids is 1. The fourth-order valence-electron chi connectivity index (χ4n) is 2.97. The Balaban J connectivity index is 0.00000280. The van der Waals surface area contributed by atoms with E-state index in [-0.39, 0.29) is 13.0 Å². The highest BCUT2D eigenvalue weighted by atomic mass is 35.5. The van der Waals surface area contributed by atoms with Crippen LogP contribution in [0.4, 0.5) is 17.1 Å². The van der Waals surface area contributed by atoms with E-state index in [2.05, 4.69) is 0 Å². The lowest BCUT2D eigenvalue weighted by molar-refractivity contribution is -0.394. The van der Waals surface area contributed by atoms with Crippen LogP contribution in [-0.4, -0.2) is 46.8 Å². The summed E-state index contributed by atoms with van der Waals surface area (Å²) in [7, 11) is 0. The van der Waals surface area contributed by atoms with Crippen molar-refractivity contribution >= 4 is 34.6 Å². The highest BCUT2D eigenvalue weighted by Gasteiger charge is 2.26. The first-order valence-corrected chi connectivity index (χ1v) is 8.47. The van der Waals surface area contributed by atoms with Crippen molar-refractivity contribution < 1.29 is 14.6 Å². The molecule has 1 aliphatic heterocycles. The molecule has 0 atom stereocenters. The van der Waals surface area contributed by atoms with Crippen LogP contribution in [0.5, 0.6) is 0 Å².